The van der Waals surface area contributed by atoms with E-state index in [1.807, 2.05) is 6.92 Å². The van der Waals surface area contributed by atoms with Crippen molar-refractivity contribution in [3.05, 3.63) is 9.88 Å². The number of rotatable bonds is 5. The zero-order valence-electron chi connectivity index (χ0n) is 8.59. The summed E-state index contributed by atoms with van der Waals surface area (Å²) >= 11 is 1.70. The van der Waals surface area contributed by atoms with Crippen LogP contribution in [0.3, 0.4) is 0 Å². The number of hydrogen-bond donors (Lipinski definition) is 0. The van der Waals surface area contributed by atoms with Crippen LogP contribution in [-0.4, -0.2) is 11.6 Å². The first-order chi connectivity index (χ1) is 6.24. The summed E-state index contributed by atoms with van der Waals surface area (Å²) in [6, 6.07) is 0. The first kappa shape index (κ1) is 10.5. The van der Waals surface area contributed by atoms with Crippen LogP contribution in [0.4, 0.5) is 0 Å². The molecular formula is C10H17NOS. The van der Waals surface area contributed by atoms with E-state index < -0.39 is 0 Å². The molecule has 0 unspecified atom stereocenters. The third-order valence-corrected chi connectivity index (χ3v) is 2.72. The molecule has 13 heavy (non-hydrogen) atoms. The fourth-order valence-electron chi connectivity index (χ4n) is 1.16. The van der Waals surface area contributed by atoms with E-state index in [0.29, 0.717) is 0 Å². The zero-order chi connectivity index (χ0) is 9.68. The van der Waals surface area contributed by atoms with Crippen molar-refractivity contribution in [2.75, 3.05) is 6.61 Å². The van der Waals surface area contributed by atoms with Gasteiger partial charge in [-0.15, -0.1) is 11.3 Å². The number of nitrogens with zero attached hydrogens (tertiary/aromatic N) is 1. The van der Waals surface area contributed by atoms with E-state index in [1.54, 1.807) is 11.3 Å². The van der Waals surface area contributed by atoms with Gasteiger partial charge in [0.2, 0.25) is 5.88 Å². The Bertz CT molecular complexity index is 257. The normalized spacial score (nSPS) is 10.4. The highest BCUT2D eigenvalue weighted by molar-refractivity contribution is 7.11. The van der Waals surface area contributed by atoms with E-state index in [0.717, 1.165) is 23.9 Å². The molecule has 0 saturated carbocycles. The monoisotopic (exact) mass is 199 g/mol. The highest BCUT2D eigenvalue weighted by atomic mass is 32.1. The summed E-state index contributed by atoms with van der Waals surface area (Å²) in [6.45, 7) is 7.06. The molecule has 0 aliphatic heterocycles. The molecule has 1 aromatic heterocycles. The number of aryl methyl sites for hydroxylation is 2. The first-order valence-corrected chi connectivity index (χ1v) is 5.62. The summed E-state index contributed by atoms with van der Waals surface area (Å²) in [5, 5.41) is 1.09. The molecule has 0 saturated heterocycles. The van der Waals surface area contributed by atoms with Crippen LogP contribution in [0.5, 0.6) is 5.88 Å². The standard InChI is InChI=1S/C10H17NOS/c1-4-5-6-7-12-10-8(2)13-9(3)11-10/h4-7H2,1-3H3. The Kier molecular flexibility index (Phi) is 4.22. The van der Waals surface area contributed by atoms with Gasteiger partial charge in [-0.1, -0.05) is 19.8 Å². The number of aromatic nitrogens is 1. The molecule has 0 spiro atoms. The second-order valence-electron chi connectivity index (χ2n) is 3.15. The van der Waals surface area contributed by atoms with Crippen LogP contribution in [0.1, 0.15) is 36.1 Å². The molecule has 1 heterocycles. The lowest BCUT2D eigenvalue weighted by Gasteiger charge is -2.02. The summed E-state index contributed by atoms with van der Waals surface area (Å²) in [6.07, 6.45) is 3.60. The number of thiazole rings is 1. The quantitative estimate of drug-likeness (QED) is 0.679. The highest BCUT2D eigenvalue weighted by Crippen LogP contribution is 2.23. The Balaban J connectivity index is 2.32. The molecule has 0 fully saturated rings. The maximum Gasteiger partial charge on any atom is 0.227 e. The van der Waals surface area contributed by atoms with Gasteiger partial charge in [0.1, 0.15) is 0 Å². The summed E-state index contributed by atoms with van der Waals surface area (Å²) < 4.78 is 5.56. The Morgan fingerprint density at radius 1 is 1.31 bits per heavy atom. The summed E-state index contributed by atoms with van der Waals surface area (Å²) in [7, 11) is 0. The lowest BCUT2D eigenvalue weighted by molar-refractivity contribution is 0.294. The molecule has 0 bridgehead atoms. The third kappa shape index (κ3) is 3.35. The molecule has 2 nitrogen and oxygen atoms in total. The van der Waals surface area contributed by atoms with Crippen molar-refractivity contribution in [2.24, 2.45) is 0 Å². The molecule has 1 aromatic rings. The molecule has 0 N–H and O–H groups in total. The van der Waals surface area contributed by atoms with Gasteiger partial charge in [0.25, 0.3) is 0 Å². The van der Waals surface area contributed by atoms with Crippen molar-refractivity contribution in [3.8, 4) is 5.88 Å². The van der Waals surface area contributed by atoms with Gasteiger partial charge < -0.3 is 4.74 Å². The topological polar surface area (TPSA) is 22.1 Å². The Morgan fingerprint density at radius 2 is 2.08 bits per heavy atom. The van der Waals surface area contributed by atoms with Crippen LogP contribution in [-0.2, 0) is 0 Å². The summed E-state index contributed by atoms with van der Waals surface area (Å²) in [5.74, 6) is 0.832. The molecule has 3 heteroatoms. The van der Waals surface area contributed by atoms with Gasteiger partial charge >= 0.3 is 0 Å². The largest absolute Gasteiger partial charge is 0.477 e. The van der Waals surface area contributed by atoms with Gasteiger partial charge in [0.15, 0.2) is 0 Å². The third-order valence-electron chi connectivity index (χ3n) is 1.85. The van der Waals surface area contributed by atoms with Gasteiger partial charge in [-0.25, -0.2) is 4.98 Å². The SMILES string of the molecule is CCCCCOc1nc(C)sc1C. The maximum absolute atomic E-state index is 5.56. The van der Waals surface area contributed by atoms with E-state index in [1.165, 1.54) is 17.7 Å². The second-order valence-corrected chi connectivity index (χ2v) is 4.56. The predicted molar refractivity (Wildman–Crippen MR) is 56.6 cm³/mol. The molecule has 0 aromatic carbocycles. The van der Waals surface area contributed by atoms with Crippen molar-refractivity contribution in [1.82, 2.24) is 4.98 Å². The second kappa shape index (κ2) is 5.22. The molecule has 0 aliphatic rings. The number of unbranched alkanes of at least 4 members (excludes halogenated alkanes) is 2. The molecule has 0 radical (unpaired) electrons. The lowest BCUT2D eigenvalue weighted by Crippen LogP contribution is -1.98. The van der Waals surface area contributed by atoms with Crippen LogP contribution >= 0.6 is 11.3 Å². The van der Waals surface area contributed by atoms with E-state index in [9.17, 15) is 0 Å². The minimum absolute atomic E-state index is 0.803. The summed E-state index contributed by atoms with van der Waals surface area (Å²) in [4.78, 5) is 5.49. The average Bonchev–Trinajstić information content (AvgIpc) is 2.39. The smallest absolute Gasteiger partial charge is 0.227 e. The molecule has 0 amide bonds. The van der Waals surface area contributed by atoms with Crippen LogP contribution < -0.4 is 4.74 Å². The van der Waals surface area contributed by atoms with Crippen molar-refractivity contribution in [1.29, 1.82) is 0 Å². The van der Waals surface area contributed by atoms with Gasteiger partial charge in [-0.2, -0.15) is 0 Å². The van der Waals surface area contributed by atoms with E-state index >= 15 is 0 Å². The molecule has 74 valence electrons. The van der Waals surface area contributed by atoms with Crippen LogP contribution in [0.2, 0.25) is 0 Å². The Labute approximate surface area is 84.0 Å². The lowest BCUT2D eigenvalue weighted by atomic mass is 10.3. The van der Waals surface area contributed by atoms with E-state index in [-0.39, 0.29) is 0 Å². The first-order valence-electron chi connectivity index (χ1n) is 4.81. The minimum Gasteiger partial charge on any atom is -0.477 e. The maximum atomic E-state index is 5.56. The van der Waals surface area contributed by atoms with Gasteiger partial charge in [0, 0.05) is 0 Å². The van der Waals surface area contributed by atoms with E-state index in [2.05, 4.69) is 18.8 Å². The minimum atomic E-state index is 0.803. The van der Waals surface area contributed by atoms with Crippen molar-refractivity contribution in [3.63, 3.8) is 0 Å². The zero-order valence-corrected chi connectivity index (χ0v) is 9.41. The van der Waals surface area contributed by atoms with Gasteiger partial charge in [-0.05, 0) is 20.3 Å². The molecular weight excluding hydrogens is 182 g/mol. The van der Waals surface area contributed by atoms with Crippen molar-refractivity contribution in [2.45, 2.75) is 40.0 Å². The fraction of sp³-hybridized carbons (Fsp3) is 0.700. The van der Waals surface area contributed by atoms with E-state index in [4.69, 9.17) is 4.74 Å². The molecule has 0 aliphatic carbocycles. The predicted octanol–water partition coefficient (Wildman–Crippen LogP) is 3.33. The van der Waals surface area contributed by atoms with Crippen molar-refractivity contribution >= 4 is 11.3 Å². The number of hydrogen-bond acceptors (Lipinski definition) is 3. The van der Waals surface area contributed by atoms with Gasteiger partial charge in [-0.3, -0.25) is 0 Å². The van der Waals surface area contributed by atoms with Gasteiger partial charge in [0.05, 0.1) is 16.5 Å². The van der Waals surface area contributed by atoms with Crippen LogP contribution in [0.15, 0.2) is 0 Å². The highest BCUT2D eigenvalue weighted by Gasteiger charge is 2.04. The molecule has 1 rings (SSSR count). The fourth-order valence-corrected chi connectivity index (χ4v) is 1.93. The number of ether oxygens (including phenoxy) is 1. The molecule has 0 atom stereocenters. The van der Waals surface area contributed by atoms with Crippen LogP contribution in [0.25, 0.3) is 0 Å². The average molecular weight is 199 g/mol. The Morgan fingerprint density at radius 3 is 2.62 bits per heavy atom. The summed E-state index contributed by atoms with van der Waals surface area (Å²) in [5.41, 5.74) is 0. The van der Waals surface area contributed by atoms with Crippen molar-refractivity contribution < 1.29 is 4.74 Å². The van der Waals surface area contributed by atoms with Crippen LogP contribution in [0, 0.1) is 13.8 Å². The Hall–Kier alpha value is -0.570.